The maximum Gasteiger partial charge on any atom is 0.416 e. The minimum absolute atomic E-state index is 0.141. The summed E-state index contributed by atoms with van der Waals surface area (Å²) >= 11 is 0. The van der Waals surface area contributed by atoms with Gasteiger partial charge in [0.2, 0.25) is 5.91 Å². The van der Waals surface area contributed by atoms with Crippen LogP contribution in [0.4, 0.5) is 18.9 Å². The Morgan fingerprint density at radius 1 is 1.00 bits per heavy atom. The van der Waals surface area contributed by atoms with Crippen LogP contribution in [0.5, 0.6) is 5.75 Å². The standard InChI is InChI=1S/C28H29F3N2O4S/c1-3-27(4-2)18-24(23-15-8-9-16-25(23)37-27)32-26(34)19-33(38(35,36)22-13-6-5-7-14-22)21-12-10-11-20(17-21)28(29,30)31/h5-17,24H,3-4,18-19H2,1-2H3,(H,32,34). The van der Waals surface area contributed by atoms with Gasteiger partial charge < -0.3 is 10.1 Å². The van der Waals surface area contributed by atoms with E-state index in [2.05, 4.69) is 5.32 Å². The van der Waals surface area contributed by atoms with Crippen molar-refractivity contribution in [3.63, 3.8) is 0 Å². The summed E-state index contributed by atoms with van der Waals surface area (Å²) in [6, 6.07) is 18.1. The van der Waals surface area contributed by atoms with Crippen LogP contribution in [-0.4, -0.2) is 26.5 Å². The van der Waals surface area contributed by atoms with E-state index < -0.39 is 45.9 Å². The fourth-order valence-electron chi connectivity index (χ4n) is 4.67. The molecule has 0 fully saturated rings. The number of hydrogen-bond donors (Lipinski definition) is 1. The van der Waals surface area contributed by atoms with E-state index in [0.717, 1.165) is 23.8 Å². The maximum atomic E-state index is 13.6. The van der Waals surface area contributed by atoms with Gasteiger partial charge in [-0.15, -0.1) is 0 Å². The molecule has 3 aromatic rings. The number of nitrogens with one attached hydrogen (secondary N) is 1. The van der Waals surface area contributed by atoms with Crippen molar-refractivity contribution in [2.45, 2.75) is 55.8 Å². The van der Waals surface area contributed by atoms with Crippen molar-refractivity contribution in [3.05, 3.63) is 90.0 Å². The van der Waals surface area contributed by atoms with Gasteiger partial charge in [-0.3, -0.25) is 9.10 Å². The van der Waals surface area contributed by atoms with Crippen LogP contribution in [0.25, 0.3) is 0 Å². The zero-order chi connectivity index (χ0) is 27.6. The maximum absolute atomic E-state index is 13.6. The summed E-state index contributed by atoms with van der Waals surface area (Å²) in [4.78, 5) is 13.2. The smallest absolute Gasteiger partial charge is 0.416 e. The lowest BCUT2D eigenvalue weighted by Gasteiger charge is -2.41. The van der Waals surface area contributed by atoms with Crippen LogP contribution in [-0.2, 0) is 21.0 Å². The second-order valence-corrected chi connectivity index (χ2v) is 11.1. The van der Waals surface area contributed by atoms with E-state index in [1.54, 1.807) is 6.07 Å². The van der Waals surface area contributed by atoms with E-state index in [1.807, 2.05) is 38.1 Å². The highest BCUT2D eigenvalue weighted by Gasteiger charge is 2.39. The van der Waals surface area contributed by atoms with Crippen LogP contribution in [0.3, 0.4) is 0 Å². The van der Waals surface area contributed by atoms with Gasteiger partial charge in [-0.05, 0) is 49.2 Å². The summed E-state index contributed by atoms with van der Waals surface area (Å²) in [5.74, 6) is -0.0101. The average molecular weight is 547 g/mol. The average Bonchev–Trinajstić information content (AvgIpc) is 2.91. The zero-order valence-electron chi connectivity index (χ0n) is 21.0. The summed E-state index contributed by atoms with van der Waals surface area (Å²) in [6.45, 7) is 3.29. The second-order valence-electron chi connectivity index (χ2n) is 9.23. The topological polar surface area (TPSA) is 75.7 Å². The molecule has 1 heterocycles. The molecule has 1 amide bonds. The molecule has 1 unspecified atom stereocenters. The van der Waals surface area contributed by atoms with E-state index in [1.165, 1.54) is 30.3 Å². The van der Waals surface area contributed by atoms with E-state index in [4.69, 9.17) is 4.74 Å². The summed E-state index contributed by atoms with van der Waals surface area (Å²) < 4.78 is 74.4. The Labute approximate surface area is 220 Å². The molecule has 0 saturated heterocycles. The lowest BCUT2D eigenvalue weighted by Crippen LogP contribution is -2.47. The van der Waals surface area contributed by atoms with Crippen molar-refractivity contribution in [1.29, 1.82) is 0 Å². The van der Waals surface area contributed by atoms with Gasteiger partial charge in [-0.2, -0.15) is 13.2 Å². The van der Waals surface area contributed by atoms with E-state index >= 15 is 0 Å². The molecule has 10 heteroatoms. The fourth-order valence-corrected chi connectivity index (χ4v) is 6.11. The van der Waals surface area contributed by atoms with Gasteiger partial charge in [0.15, 0.2) is 0 Å². The number of carbonyl (C=O) groups excluding carboxylic acids is 1. The third-order valence-corrected chi connectivity index (χ3v) is 8.69. The molecule has 38 heavy (non-hydrogen) atoms. The molecule has 0 aliphatic carbocycles. The quantitative estimate of drug-likeness (QED) is 0.371. The number of halogens is 3. The van der Waals surface area contributed by atoms with Crippen molar-refractivity contribution in [1.82, 2.24) is 5.32 Å². The molecule has 0 saturated carbocycles. The lowest BCUT2D eigenvalue weighted by atomic mass is 9.83. The first kappa shape index (κ1) is 27.5. The third-order valence-electron chi connectivity index (χ3n) is 6.90. The number of hydrogen-bond acceptors (Lipinski definition) is 4. The van der Waals surface area contributed by atoms with E-state index in [0.29, 0.717) is 29.3 Å². The Hall–Kier alpha value is -3.53. The molecule has 0 bridgehead atoms. The number of para-hydroxylation sites is 1. The minimum atomic E-state index is -4.68. The van der Waals surface area contributed by atoms with Crippen molar-refractivity contribution in [3.8, 4) is 5.75 Å². The number of rotatable bonds is 8. The number of carbonyl (C=O) groups is 1. The number of anilines is 1. The number of fused-ring (bicyclic) bond motifs is 1. The van der Waals surface area contributed by atoms with Crippen LogP contribution in [0.15, 0.2) is 83.8 Å². The first-order chi connectivity index (χ1) is 18.0. The van der Waals surface area contributed by atoms with E-state index in [9.17, 15) is 26.4 Å². The number of nitrogens with zero attached hydrogens (tertiary/aromatic N) is 1. The number of sulfonamides is 1. The Bertz CT molecular complexity index is 1390. The highest BCUT2D eigenvalue weighted by atomic mass is 32.2. The molecule has 1 aliphatic heterocycles. The Kier molecular flexibility index (Phi) is 7.73. The molecule has 0 radical (unpaired) electrons. The highest BCUT2D eigenvalue weighted by molar-refractivity contribution is 7.92. The Balaban J connectivity index is 1.69. The lowest BCUT2D eigenvalue weighted by molar-refractivity contribution is -0.137. The Morgan fingerprint density at radius 2 is 1.66 bits per heavy atom. The van der Waals surface area contributed by atoms with Gasteiger partial charge in [0, 0.05) is 12.0 Å². The van der Waals surface area contributed by atoms with E-state index in [-0.39, 0.29) is 10.6 Å². The van der Waals surface area contributed by atoms with Crippen molar-refractivity contribution >= 4 is 21.6 Å². The molecule has 202 valence electrons. The van der Waals surface area contributed by atoms with Gasteiger partial charge in [0.25, 0.3) is 10.0 Å². The van der Waals surface area contributed by atoms with Crippen LogP contribution in [0, 0.1) is 0 Å². The summed E-state index contributed by atoms with van der Waals surface area (Å²) in [7, 11) is -4.36. The van der Waals surface area contributed by atoms with Crippen LogP contribution in [0.2, 0.25) is 0 Å². The van der Waals surface area contributed by atoms with Crippen LogP contribution >= 0.6 is 0 Å². The molecular formula is C28H29F3N2O4S. The monoisotopic (exact) mass is 546 g/mol. The van der Waals surface area contributed by atoms with Crippen molar-refractivity contribution in [2.75, 3.05) is 10.8 Å². The van der Waals surface area contributed by atoms with Gasteiger partial charge in [-0.1, -0.05) is 56.3 Å². The van der Waals surface area contributed by atoms with Crippen molar-refractivity contribution in [2.24, 2.45) is 0 Å². The molecule has 6 nitrogen and oxygen atoms in total. The SMILES string of the molecule is CCC1(CC)CC(NC(=O)CN(c2cccc(C(F)(F)F)c2)S(=O)(=O)c2ccccc2)c2ccccc2O1. The normalized spacial score (nSPS) is 16.7. The fraction of sp³-hybridized carbons (Fsp3) is 0.321. The number of benzene rings is 3. The highest BCUT2D eigenvalue weighted by Crippen LogP contribution is 2.42. The number of amides is 1. The first-order valence-corrected chi connectivity index (χ1v) is 13.8. The van der Waals surface area contributed by atoms with Gasteiger partial charge in [0.1, 0.15) is 17.9 Å². The summed E-state index contributed by atoms with van der Waals surface area (Å²) in [6.07, 6.45) is -2.82. The summed E-state index contributed by atoms with van der Waals surface area (Å²) in [5.41, 5.74) is -1.03. The van der Waals surface area contributed by atoms with Gasteiger partial charge >= 0.3 is 6.18 Å². The van der Waals surface area contributed by atoms with Gasteiger partial charge in [-0.25, -0.2) is 8.42 Å². The molecule has 0 aromatic heterocycles. The molecule has 0 spiro atoms. The largest absolute Gasteiger partial charge is 0.487 e. The predicted molar refractivity (Wildman–Crippen MR) is 138 cm³/mol. The molecule has 3 aromatic carbocycles. The molecule has 4 rings (SSSR count). The molecule has 1 atom stereocenters. The first-order valence-electron chi connectivity index (χ1n) is 12.3. The summed E-state index contributed by atoms with van der Waals surface area (Å²) in [5, 5.41) is 2.92. The zero-order valence-corrected chi connectivity index (χ0v) is 21.9. The Morgan fingerprint density at radius 3 is 2.32 bits per heavy atom. The number of alkyl halides is 3. The third kappa shape index (κ3) is 5.65. The van der Waals surface area contributed by atoms with Crippen LogP contribution < -0.4 is 14.4 Å². The molecule has 1 aliphatic rings. The molecular weight excluding hydrogens is 517 g/mol. The van der Waals surface area contributed by atoms with Gasteiger partial charge in [0.05, 0.1) is 22.2 Å². The van der Waals surface area contributed by atoms with Crippen LogP contribution in [0.1, 0.15) is 50.3 Å². The second kappa shape index (κ2) is 10.7. The van der Waals surface area contributed by atoms with Crippen molar-refractivity contribution < 1.29 is 31.1 Å². The predicted octanol–water partition coefficient (Wildman–Crippen LogP) is 6.10. The minimum Gasteiger partial charge on any atom is -0.487 e. The molecule has 1 N–H and O–H groups in total. The number of ether oxygens (including phenoxy) is 1.